The van der Waals surface area contributed by atoms with Crippen molar-refractivity contribution in [2.45, 2.75) is 0 Å². The minimum absolute atomic E-state index is 0.0547. The van der Waals surface area contributed by atoms with Crippen LogP contribution < -0.4 is 16.0 Å². The lowest BCUT2D eigenvalue weighted by atomic mass is 10.3. The zero-order valence-electron chi connectivity index (χ0n) is 11.2. The lowest BCUT2D eigenvalue weighted by Crippen LogP contribution is -2.39. The maximum absolute atomic E-state index is 11.6. The van der Waals surface area contributed by atoms with Gasteiger partial charge in [-0.2, -0.15) is 0 Å². The van der Waals surface area contributed by atoms with Gasteiger partial charge in [-0.15, -0.1) is 0 Å². The molecule has 0 saturated carbocycles. The van der Waals surface area contributed by atoms with Gasteiger partial charge in [0.2, 0.25) is 11.8 Å². The number of halogens is 1. The molecule has 1 rings (SSSR count). The van der Waals surface area contributed by atoms with Gasteiger partial charge in [0.05, 0.1) is 19.7 Å². The van der Waals surface area contributed by atoms with Crippen LogP contribution in [0.4, 0.5) is 5.69 Å². The van der Waals surface area contributed by atoms with Gasteiger partial charge in [0.25, 0.3) is 0 Å². The molecule has 0 aromatic heterocycles. The average Bonchev–Trinajstić information content (AvgIpc) is 2.44. The molecule has 0 spiro atoms. The minimum Gasteiger partial charge on any atom is -0.383 e. The summed E-state index contributed by atoms with van der Waals surface area (Å²) < 4.78 is 5.77. The second-order valence-corrected chi connectivity index (χ2v) is 4.92. The predicted molar refractivity (Wildman–Crippen MR) is 80.5 cm³/mol. The Labute approximate surface area is 126 Å². The van der Waals surface area contributed by atoms with Gasteiger partial charge in [0, 0.05) is 23.8 Å². The molecule has 0 heterocycles. The quantitative estimate of drug-likeness (QED) is 0.608. The smallest absolute Gasteiger partial charge is 0.243 e. The Morgan fingerprint density at radius 2 is 1.85 bits per heavy atom. The second kappa shape index (κ2) is 9.46. The van der Waals surface area contributed by atoms with Crippen LogP contribution in [0.3, 0.4) is 0 Å². The van der Waals surface area contributed by atoms with Gasteiger partial charge in [0.15, 0.2) is 0 Å². The number of ether oxygens (including phenoxy) is 1. The van der Waals surface area contributed by atoms with Crippen LogP contribution in [0, 0.1) is 0 Å². The molecule has 0 aliphatic rings. The lowest BCUT2D eigenvalue weighted by Gasteiger charge is -2.07. The van der Waals surface area contributed by atoms with Gasteiger partial charge in [-0.05, 0) is 24.3 Å². The number of benzene rings is 1. The Morgan fingerprint density at radius 3 is 2.50 bits per heavy atom. The number of amides is 2. The first kappa shape index (κ1) is 16.6. The Morgan fingerprint density at radius 1 is 1.15 bits per heavy atom. The van der Waals surface area contributed by atoms with Gasteiger partial charge < -0.3 is 20.7 Å². The summed E-state index contributed by atoms with van der Waals surface area (Å²) in [5.74, 6) is -0.496. The molecule has 0 radical (unpaired) electrons. The first-order valence-corrected chi connectivity index (χ1v) is 6.93. The maximum atomic E-state index is 11.6. The Kier molecular flexibility index (Phi) is 7.86. The van der Waals surface area contributed by atoms with E-state index in [4.69, 9.17) is 4.74 Å². The Hall–Kier alpha value is -1.44. The van der Waals surface area contributed by atoms with E-state index in [-0.39, 0.29) is 24.9 Å². The molecule has 0 aliphatic carbocycles. The van der Waals surface area contributed by atoms with E-state index in [1.165, 1.54) is 0 Å². The van der Waals surface area contributed by atoms with Gasteiger partial charge >= 0.3 is 0 Å². The van der Waals surface area contributed by atoms with Crippen molar-refractivity contribution >= 4 is 33.4 Å². The Balaban J connectivity index is 2.19. The number of anilines is 1. The van der Waals surface area contributed by atoms with Crippen molar-refractivity contribution < 1.29 is 14.3 Å². The van der Waals surface area contributed by atoms with E-state index in [1.54, 1.807) is 19.2 Å². The van der Waals surface area contributed by atoms with Crippen molar-refractivity contribution in [3.8, 4) is 0 Å². The zero-order chi connectivity index (χ0) is 14.8. The fraction of sp³-hybridized carbons (Fsp3) is 0.385. The summed E-state index contributed by atoms with van der Waals surface area (Å²) in [6, 6.07) is 7.20. The van der Waals surface area contributed by atoms with E-state index in [1.807, 2.05) is 12.1 Å². The third-order valence-corrected chi connectivity index (χ3v) is 2.87. The molecule has 20 heavy (non-hydrogen) atoms. The molecule has 0 aliphatic heterocycles. The topological polar surface area (TPSA) is 79.5 Å². The SMILES string of the molecule is COCCNCC(=O)NCC(=O)Nc1ccc(Br)cc1. The number of methoxy groups -OCH3 is 1. The van der Waals surface area contributed by atoms with Crippen molar-refractivity contribution in [1.82, 2.24) is 10.6 Å². The van der Waals surface area contributed by atoms with E-state index < -0.39 is 0 Å². The summed E-state index contributed by atoms with van der Waals surface area (Å²) in [7, 11) is 1.59. The highest BCUT2D eigenvalue weighted by atomic mass is 79.9. The van der Waals surface area contributed by atoms with Crippen LogP contribution in [0.1, 0.15) is 0 Å². The summed E-state index contributed by atoms with van der Waals surface area (Å²) in [6.45, 7) is 1.24. The predicted octanol–water partition coefficient (Wildman–Crippen LogP) is 0.740. The molecule has 2 amide bonds. The molecule has 0 saturated heterocycles. The first-order valence-electron chi connectivity index (χ1n) is 6.13. The van der Waals surface area contributed by atoms with Crippen LogP contribution in [0.25, 0.3) is 0 Å². The van der Waals surface area contributed by atoms with E-state index >= 15 is 0 Å². The zero-order valence-corrected chi connectivity index (χ0v) is 12.8. The van der Waals surface area contributed by atoms with Crippen LogP contribution in [0.15, 0.2) is 28.7 Å². The maximum Gasteiger partial charge on any atom is 0.243 e. The molecule has 0 unspecified atom stereocenters. The Bertz CT molecular complexity index is 437. The van der Waals surface area contributed by atoms with Gasteiger partial charge in [-0.3, -0.25) is 9.59 Å². The summed E-state index contributed by atoms with van der Waals surface area (Å²) in [5.41, 5.74) is 0.686. The lowest BCUT2D eigenvalue weighted by molar-refractivity contribution is -0.123. The molecule has 110 valence electrons. The molecular formula is C13H18BrN3O3. The molecule has 1 aromatic rings. The van der Waals surface area contributed by atoms with E-state index in [0.717, 1.165) is 4.47 Å². The summed E-state index contributed by atoms with van der Waals surface area (Å²) in [4.78, 5) is 23.0. The average molecular weight is 344 g/mol. The molecule has 0 atom stereocenters. The third-order valence-electron chi connectivity index (χ3n) is 2.34. The molecule has 0 fully saturated rings. The molecule has 3 N–H and O–H groups in total. The van der Waals surface area contributed by atoms with Crippen LogP contribution >= 0.6 is 15.9 Å². The fourth-order valence-electron chi connectivity index (χ4n) is 1.36. The summed E-state index contributed by atoms with van der Waals surface area (Å²) in [5, 5.41) is 8.11. The summed E-state index contributed by atoms with van der Waals surface area (Å²) in [6.07, 6.45) is 0. The molecule has 6 nitrogen and oxygen atoms in total. The number of hydrogen-bond donors (Lipinski definition) is 3. The van der Waals surface area contributed by atoms with Gasteiger partial charge in [0.1, 0.15) is 0 Å². The van der Waals surface area contributed by atoms with Crippen LogP contribution in [-0.2, 0) is 14.3 Å². The van der Waals surface area contributed by atoms with Gasteiger partial charge in [-0.25, -0.2) is 0 Å². The van der Waals surface area contributed by atoms with Crippen molar-refractivity contribution in [3.05, 3.63) is 28.7 Å². The number of carbonyl (C=O) groups is 2. The number of carbonyl (C=O) groups excluding carboxylic acids is 2. The van der Waals surface area contributed by atoms with E-state index in [2.05, 4.69) is 31.9 Å². The number of hydrogen-bond acceptors (Lipinski definition) is 4. The molecular weight excluding hydrogens is 326 g/mol. The second-order valence-electron chi connectivity index (χ2n) is 4.00. The highest BCUT2D eigenvalue weighted by Gasteiger charge is 2.05. The van der Waals surface area contributed by atoms with Gasteiger partial charge in [-0.1, -0.05) is 15.9 Å². The van der Waals surface area contributed by atoms with E-state index in [9.17, 15) is 9.59 Å². The number of rotatable bonds is 8. The molecule has 0 bridgehead atoms. The third kappa shape index (κ3) is 7.22. The first-order chi connectivity index (χ1) is 9.61. The largest absolute Gasteiger partial charge is 0.383 e. The minimum atomic E-state index is -0.266. The van der Waals surface area contributed by atoms with E-state index in [0.29, 0.717) is 18.8 Å². The van der Waals surface area contributed by atoms with Crippen LogP contribution in [-0.4, -0.2) is 45.2 Å². The number of nitrogens with one attached hydrogen (secondary N) is 3. The fourth-order valence-corrected chi connectivity index (χ4v) is 1.62. The standard InChI is InChI=1S/C13H18BrN3O3/c1-20-7-6-15-8-12(18)16-9-13(19)17-11-4-2-10(14)3-5-11/h2-5,15H,6-9H2,1H3,(H,16,18)(H,17,19). The van der Waals surface area contributed by atoms with Crippen LogP contribution in [0.2, 0.25) is 0 Å². The molecule has 1 aromatic carbocycles. The van der Waals surface area contributed by atoms with Crippen molar-refractivity contribution in [1.29, 1.82) is 0 Å². The normalized spacial score (nSPS) is 10.1. The van der Waals surface area contributed by atoms with Crippen LogP contribution in [0.5, 0.6) is 0 Å². The van der Waals surface area contributed by atoms with Crippen molar-refractivity contribution in [3.63, 3.8) is 0 Å². The highest BCUT2D eigenvalue weighted by Crippen LogP contribution is 2.13. The molecule has 7 heteroatoms. The highest BCUT2D eigenvalue weighted by molar-refractivity contribution is 9.10. The van der Waals surface area contributed by atoms with Crippen molar-refractivity contribution in [2.24, 2.45) is 0 Å². The van der Waals surface area contributed by atoms with Crippen molar-refractivity contribution in [2.75, 3.05) is 38.7 Å². The summed E-state index contributed by atoms with van der Waals surface area (Å²) >= 11 is 3.31. The monoisotopic (exact) mass is 343 g/mol.